The van der Waals surface area contributed by atoms with Gasteiger partial charge in [-0.2, -0.15) is 0 Å². The maximum absolute atomic E-state index is 13.0. The van der Waals surface area contributed by atoms with Crippen LogP contribution in [0, 0.1) is 5.82 Å². The van der Waals surface area contributed by atoms with Gasteiger partial charge >= 0.3 is 0 Å². The van der Waals surface area contributed by atoms with Crippen molar-refractivity contribution in [3.63, 3.8) is 0 Å². The van der Waals surface area contributed by atoms with Crippen molar-refractivity contribution in [2.24, 2.45) is 0 Å². The standard InChI is InChI=1S/C15H20ClFN2O2/c1-3-18-6-8-19(9-7-18)15(20)11(2)21-14-5-4-12(17)10-13(14)16/h4-5,10-11H,3,6-9H2,1-2H3/t11-/m1/s1. The summed E-state index contributed by atoms with van der Waals surface area (Å²) in [5.74, 6) is -0.167. The molecule has 4 nitrogen and oxygen atoms in total. The summed E-state index contributed by atoms with van der Waals surface area (Å²) >= 11 is 5.91. The first-order chi connectivity index (χ1) is 10.0. The molecule has 21 heavy (non-hydrogen) atoms. The highest BCUT2D eigenvalue weighted by atomic mass is 35.5. The van der Waals surface area contributed by atoms with E-state index in [9.17, 15) is 9.18 Å². The summed E-state index contributed by atoms with van der Waals surface area (Å²) in [6.45, 7) is 7.97. The Morgan fingerprint density at radius 2 is 2.05 bits per heavy atom. The van der Waals surface area contributed by atoms with Crippen molar-refractivity contribution >= 4 is 17.5 Å². The highest BCUT2D eigenvalue weighted by Gasteiger charge is 2.25. The second-order valence-electron chi connectivity index (χ2n) is 5.09. The van der Waals surface area contributed by atoms with Crippen molar-refractivity contribution in [3.05, 3.63) is 29.0 Å². The first-order valence-electron chi connectivity index (χ1n) is 7.14. The Labute approximate surface area is 129 Å². The van der Waals surface area contributed by atoms with Crippen LogP contribution in [0.3, 0.4) is 0 Å². The summed E-state index contributed by atoms with van der Waals surface area (Å²) in [6.07, 6.45) is -0.638. The van der Waals surface area contributed by atoms with Crippen LogP contribution in [0.25, 0.3) is 0 Å². The lowest BCUT2D eigenvalue weighted by molar-refractivity contribution is -0.139. The quantitative estimate of drug-likeness (QED) is 0.855. The Morgan fingerprint density at radius 1 is 1.38 bits per heavy atom. The molecule has 0 spiro atoms. The van der Waals surface area contributed by atoms with Gasteiger partial charge in [-0.15, -0.1) is 0 Å². The van der Waals surface area contributed by atoms with E-state index in [2.05, 4.69) is 11.8 Å². The maximum Gasteiger partial charge on any atom is 0.263 e. The molecule has 2 rings (SSSR count). The summed E-state index contributed by atoms with van der Waals surface area (Å²) < 4.78 is 18.5. The molecule has 6 heteroatoms. The van der Waals surface area contributed by atoms with Crippen LogP contribution < -0.4 is 4.74 Å². The van der Waals surface area contributed by atoms with Crippen molar-refractivity contribution in [3.8, 4) is 5.75 Å². The third kappa shape index (κ3) is 4.08. The van der Waals surface area contributed by atoms with Crippen LogP contribution >= 0.6 is 11.6 Å². The van der Waals surface area contributed by atoms with Gasteiger partial charge in [-0.25, -0.2) is 4.39 Å². The number of nitrogens with zero attached hydrogens (tertiary/aromatic N) is 2. The number of hydrogen-bond donors (Lipinski definition) is 0. The lowest BCUT2D eigenvalue weighted by Gasteiger charge is -2.35. The minimum atomic E-state index is -0.638. The number of halogens is 2. The van der Waals surface area contributed by atoms with Gasteiger partial charge < -0.3 is 14.5 Å². The fourth-order valence-electron chi connectivity index (χ4n) is 2.35. The molecule has 0 radical (unpaired) electrons. The topological polar surface area (TPSA) is 32.8 Å². The van der Waals surface area contributed by atoms with Gasteiger partial charge in [-0.3, -0.25) is 4.79 Å². The van der Waals surface area contributed by atoms with Gasteiger partial charge in [0.05, 0.1) is 5.02 Å². The van der Waals surface area contributed by atoms with Crippen LogP contribution in [-0.2, 0) is 4.79 Å². The maximum atomic E-state index is 13.0. The Bertz CT molecular complexity index is 504. The Hall–Kier alpha value is -1.33. The van der Waals surface area contributed by atoms with Gasteiger partial charge in [0.1, 0.15) is 11.6 Å². The third-order valence-corrected chi connectivity index (χ3v) is 3.97. The monoisotopic (exact) mass is 314 g/mol. The first kappa shape index (κ1) is 16.0. The van der Waals surface area contributed by atoms with Gasteiger partial charge in [-0.1, -0.05) is 18.5 Å². The zero-order chi connectivity index (χ0) is 15.4. The largest absolute Gasteiger partial charge is 0.479 e. The minimum Gasteiger partial charge on any atom is -0.479 e. The fraction of sp³-hybridized carbons (Fsp3) is 0.533. The molecule has 0 bridgehead atoms. The van der Waals surface area contributed by atoms with E-state index in [1.165, 1.54) is 18.2 Å². The van der Waals surface area contributed by atoms with Crippen molar-refractivity contribution in [1.29, 1.82) is 0 Å². The zero-order valence-corrected chi connectivity index (χ0v) is 13.1. The van der Waals surface area contributed by atoms with Crippen LogP contribution in [-0.4, -0.2) is 54.5 Å². The highest BCUT2D eigenvalue weighted by Crippen LogP contribution is 2.26. The van der Waals surface area contributed by atoms with Crippen LogP contribution in [0.2, 0.25) is 5.02 Å². The molecule has 1 aliphatic rings. The number of carbonyl (C=O) groups is 1. The third-order valence-electron chi connectivity index (χ3n) is 3.68. The van der Waals surface area contributed by atoms with Crippen LogP contribution in [0.4, 0.5) is 4.39 Å². The summed E-state index contributed by atoms with van der Waals surface area (Å²) in [7, 11) is 0. The van der Waals surface area contributed by atoms with Gasteiger partial charge in [0.15, 0.2) is 6.10 Å². The molecule has 1 aliphatic heterocycles. The van der Waals surface area contributed by atoms with E-state index >= 15 is 0 Å². The second kappa shape index (κ2) is 7.09. The van der Waals surface area contributed by atoms with Crippen LogP contribution in [0.15, 0.2) is 18.2 Å². The Kier molecular flexibility index (Phi) is 5.42. The minimum absolute atomic E-state index is 0.0638. The van der Waals surface area contributed by atoms with Gasteiger partial charge in [0, 0.05) is 26.2 Å². The molecule has 116 valence electrons. The molecular formula is C15H20ClFN2O2. The number of likely N-dealkylation sites (N-methyl/N-ethyl adjacent to an activating group) is 1. The van der Waals surface area contributed by atoms with Crippen molar-refractivity contribution in [1.82, 2.24) is 9.80 Å². The molecule has 1 atom stereocenters. The smallest absolute Gasteiger partial charge is 0.263 e. The summed E-state index contributed by atoms with van der Waals surface area (Å²) in [5, 5.41) is 0.172. The molecule has 1 aromatic carbocycles. The normalized spacial score (nSPS) is 17.6. The molecule has 1 heterocycles. The Morgan fingerprint density at radius 3 is 2.62 bits per heavy atom. The zero-order valence-electron chi connectivity index (χ0n) is 12.3. The fourth-order valence-corrected chi connectivity index (χ4v) is 2.57. The second-order valence-corrected chi connectivity index (χ2v) is 5.50. The average molecular weight is 315 g/mol. The van der Waals surface area contributed by atoms with Crippen molar-refractivity contribution in [2.75, 3.05) is 32.7 Å². The number of amides is 1. The molecular weight excluding hydrogens is 295 g/mol. The number of piperazine rings is 1. The van der Waals surface area contributed by atoms with E-state index in [1.807, 2.05) is 0 Å². The summed E-state index contributed by atoms with van der Waals surface area (Å²) in [6, 6.07) is 3.88. The van der Waals surface area contributed by atoms with E-state index in [0.717, 1.165) is 19.6 Å². The lowest BCUT2D eigenvalue weighted by atomic mass is 10.2. The number of carbonyl (C=O) groups excluding carboxylic acids is 1. The van der Waals surface area contributed by atoms with E-state index in [4.69, 9.17) is 16.3 Å². The average Bonchev–Trinajstić information content (AvgIpc) is 2.49. The summed E-state index contributed by atoms with van der Waals surface area (Å²) in [5.41, 5.74) is 0. The molecule has 1 aromatic rings. The van der Waals surface area contributed by atoms with Gasteiger partial charge in [0.25, 0.3) is 5.91 Å². The van der Waals surface area contributed by atoms with Gasteiger partial charge in [0.2, 0.25) is 0 Å². The SMILES string of the molecule is CCN1CCN(C(=O)[C@@H](C)Oc2ccc(F)cc2Cl)CC1. The molecule has 0 aromatic heterocycles. The number of rotatable bonds is 4. The number of benzene rings is 1. The molecule has 0 unspecified atom stereocenters. The number of ether oxygens (including phenoxy) is 1. The van der Waals surface area contributed by atoms with E-state index in [1.54, 1.807) is 11.8 Å². The molecule has 1 amide bonds. The molecule has 0 aliphatic carbocycles. The Balaban J connectivity index is 1.93. The lowest BCUT2D eigenvalue weighted by Crippen LogP contribution is -2.51. The van der Waals surface area contributed by atoms with Crippen molar-refractivity contribution < 1.29 is 13.9 Å². The number of hydrogen-bond acceptors (Lipinski definition) is 3. The predicted octanol–water partition coefficient (Wildman–Crippen LogP) is 2.41. The van der Waals surface area contributed by atoms with Gasteiger partial charge in [-0.05, 0) is 31.7 Å². The van der Waals surface area contributed by atoms with E-state index in [-0.39, 0.29) is 10.9 Å². The molecule has 0 saturated carbocycles. The summed E-state index contributed by atoms with van der Waals surface area (Å²) in [4.78, 5) is 16.4. The van der Waals surface area contributed by atoms with Crippen molar-refractivity contribution in [2.45, 2.75) is 20.0 Å². The molecule has 1 fully saturated rings. The highest BCUT2D eigenvalue weighted by molar-refractivity contribution is 6.32. The van der Waals surface area contributed by atoms with E-state index in [0.29, 0.717) is 18.8 Å². The molecule has 0 N–H and O–H groups in total. The van der Waals surface area contributed by atoms with Crippen LogP contribution in [0.5, 0.6) is 5.75 Å². The predicted molar refractivity (Wildman–Crippen MR) is 80.2 cm³/mol. The first-order valence-corrected chi connectivity index (χ1v) is 7.52. The molecule has 1 saturated heterocycles. The van der Waals surface area contributed by atoms with E-state index < -0.39 is 11.9 Å². The van der Waals surface area contributed by atoms with Crippen LogP contribution in [0.1, 0.15) is 13.8 Å².